The van der Waals surface area contributed by atoms with Gasteiger partial charge in [-0.2, -0.15) is 8.42 Å². The van der Waals surface area contributed by atoms with Crippen LogP contribution in [0, 0.1) is 0 Å². The number of nitrogen functional groups attached to an aromatic ring is 1. The number of nitrogens with two attached hydrogens (primary N) is 1. The molecule has 1 aromatic rings. The van der Waals surface area contributed by atoms with Crippen molar-refractivity contribution in [1.29, 1.82) is 0 Å². The predicted octanol–water partition coefficient (Wildman–Crippen LogP) is 0.697. The van der Waals surface area contributed by atoms with Gasteiger partial charge in [0.25, 0.3) is 22.1 Å². The Morgan fingerprint density at radius 1 is 1.00 bits per heavy atom. The molecule has 108 valence electrons. The van der Waals surface area contributed by atoms with Crippen LogP contribution in [0.5, 0.6) is 0 Å². The molecule has 0 spiro atoms. The molecule has 1 rings (SSSR count). The van der Waals surface area contributed by atoms with Gasteiger partial charge in [0.1, 0.15) is 0 Å². The van der Waals surface area contributed by atoms with E-state index in [-0.39, 0.29) is 4.90 Å². The van der Waals surface area contributed by atoms with E-state index < -0.39 is 22.1 Å². The summed E-state index contributed by atoms with van der Waals surface area (Å²) < 4.78 is 29.4. The van der Waals surface area contributed by atoms with Crippen molar-refractivity contribution in [3.05, 3.63) is 24.3 Å². The van der Waals surface area contributed by atoms with Gasteiger partial charge in [-0.15, -0.1) is 0 Å². The van der Waals surface area contributed by atoms with Crippen LogP contribution in [0.3, 0.4) is 0 Å². The van der Waals surface area contributed by atoms with E-state index in [0.29, 0.717) is 5.69 Å². The summed E-state index contributed by atoms with van der Waals surface area (Å²) in [6, 6.07) is 5.29. The van der Waals surface area contributed by atoms with Crippen molar-refractivity contribution in [1.82, 2.24) is 0 Å². The van der Waals surface area contributed by atoms with Crippen LogP contribution in [0.4, 0.5) is 5.69 Å². The van der Waals surface area contributed by atoms with E-state index in [2.05, 4.69) is 0 Å². The fraction of sp³-hybridized carbons (Fsp3) is 0.200. The Kier molecular flexibility index (Phi) is 8.99. The molecular formula is C10H15NO7S. The highest BCUT2D eigenvalue weighted by atomic mass is 32.2. The number of carbonyl (C=O) groups is 2. The van der Waals surface area contributed by atoms with Gasteiger partial charge in [-0.1, -0.05) is 0 Å². The second-order valence-electron chi connectivity index (χ2n) is 3.08. The molecule has 0 aromatic heterocycles. The van der Waals surface area contributed by atoms with E-state index in [0.717, 1.165) is 13.8 Å². The number of carboxylic acid groups (broad SMARTS) is 2. The lowest BCUT2D eigenvalue weighted by Gasteiger charge is -1.95. The van der Waals surface area contributed by atoms with Crippen LogP contribution in [-0.2, 0) is 19.7 Å². The van der Waals surface area contributed by atoms with Gasteiger partial charge in [-0.3, -0.25) is 14.1 Å². The molecule has 0 aliphatic rings. The maximum absolute atomic E-state index is 10.5. The quantitative estimate of drug-likeness (QED) is 0.435. The second-order valence-corrected chi connectivity index (χ2v) is 4.50. The number of anilines is 1. The number of hydrogen-bond acceptors (Lipinski definition) is 5. The third-order valence-corrected chi connectivity index (χ3v) is 2.05. The number of benzene rings is 1. The standard InChI is InChI=1S/C6H7NO3S.2C2H4O2/c7-5-1-3-6(4-2-5)11(8,9)10;2*1-2(3)4/h1-4H,7H2,(H,8,9,10);2*1H3,(H,3,4). The Morgan fingerprint density at radius 3 is 1.47 bits per heavy atom. The molecule has 0 saturated heterocycles. The van der Waals surface area contributed by atoms with Crippen LogP contribution in [0.2, 0.25) is 0 Å². The van der Waals surface area contributed by atoms with Crippen molar-refractivity contribution in [2.75, 3.05) is 5.73 Å². The molecule has 0 aliphatic carbocycles. The van der Waals surface area contributed by atoms with Gasteiger partial charge in [0, 0.05) is 19.5 Å². The molecule has 0 fully saturated rings. The fourth-order valence-corrected chi connectivity index (χ4v) is 1.12. The van der Waals surface area contributed by atoms with Gasteiger partial charge in [-0.25, -0.2) is 0 Å². The number of carboxylic acids is 2. The topological polar surface area (TPSA) is 155 Å². The first-order valence-electron chi connectivity index (χ1n) is 4.69. The van der Waals surface area contributed by atoms with Crippen LogP contribution in [0.15, 0.2) is 29.2 Å². The number of rotatable bonds is 1. The zero-order chi connectivity index (χ0) is 15.6. The van der Waals surface area contributed by atoms with Gasteiger partial charge in [-0.05, 0) is 24.3 Å². The maximum Gasteiger partial charge on any atom is 0.300 e. The molecule has 19 heavy (non-hydrogen) atoms. The Labute approximate surface area is 110 Å². The largest absolute Gasteiger partial charge is 0.481 e. The van der Waals surface area contributed by atoms with E-state index in [4.69, 9.17) is 30.1 Å². The van der Waals surface area contributed by atoms with Gasteiger partial charge in [0.05, 0.1) is 4.90 Å². The third kappa shape index (κ3) is 15.9. The van der Waals surface area contributed by atoms with Crippen molar-refractivity contribution in [2.24, 2.45) is 0 Å². The van der Waals surface area contributed by atoms with Crippen LogP contribution in [-0.4, -0.2) is 35.1 Å². The zero-order valence-electron chi connectivity index (χ0n) is 10.3. The van der Waals surface area contributed by atoms with E-state index >= 15 is 0 Å². The van der Waals surface area contributed by atoms with E-state index in [1.54, 1.807) is 0 Å². The molecule has 0 heterocycles. The first-order chi connectivity index (χ1) is 8.46. The molecule has 0 unspecified atom stereocenters. The van der Waals surface area contributed by atoms with Crippen LogP contribution < -0.4 is 5.73 Å². The SMILES string of the molecule is CC(=O)O.CC(=O)O.Nc1ccc(S(=O)(=O)O)cc1. The van der Waals surface area contributed by atoms with E-state index in [1.165, 1.54) is 24.3 Å². The molecule has 0 atom stereocenters. The van der Waals surface area contributed by atoms with Crippen LogP contribution in [0.1, 0.15) is 13.8 Å². The van der Waals surface area contributed by atoms with E-state index in [1.807, 2.05) is 0 Å². The minimum absolute atomic E-state index is 0.147. The molecule has 0 radical (unpaired) electrons. The molecule has 1 aromatic carbocycles. The molecule has 8 nitrogen and oxygen atoms in total. The van der Waals surface area contributed by atoms with Crippen molar-refractivity contribution < 1.29 is 32.8 Å². The minimum atomic E-state index is -4.08. The zero-order valence-corrected chi connectivity index (χ0v) is 11.1. The summed E-state index contributed by atoms with van der Waals surface area (Å²) in [4.78, 5) is 17.9. The first-order valence-corrected chi connectivity index (χ1v) is 6.13. The summed E-state index contributed by atoms with van der Waals surface area (Å²) in [5, 5.41) is 14.8. The smallest absolute Gasteiger partial charge is 0.300 e. The fourth-order valence-electron chi connectivity index (χ4n) is 0.640. The highest BCUT2D eigenvalue weighted by Gasteiger charge is 2.06. The van der Waals surface area contributed by atoms with Gasteiger partial charge in [0.15, 0.2) is 0 Å². The molecule has 0 amide bonds. The summed E-state index contributed by atoms with van der Waals surface area (Å²) in [6.45, 7) is 2.17. The van der Waals surface area contributed by atoms with Gasteiger partial charge >= 0.3 is 0 Å². The Morgan fingerprint density at radius 2 is 1.26 bits per heavy atom. The van der Waals surface area contributed by atoms with Crippen molar-refractivity contribution in [3.8, 4) is 0 Å². The van der Waals surface area contributed by atoms with Gasteiger partial charge < -0.3 is 15.9 Å². The summed E-state index contributed by atoms with van der Waals surface area (Å²) in [7, 11) is -4.08. The second kappa shape index (κ2) is 8.89. The maximum atomic E-state index is 10.5. The molecule has 0 aliphatic heterocycles. The molecule has 5 N–H and O–H groups in total. The Hall–Kier alpha value is -2.13. The number of aliphatic carboxylic acids is 2. The van der Waals surface area contributed by atoms with Gasteiger partial charge in [0.2, 0.25) is 0 Å². The van der Waals surface area contributed by atoms with Crippen LogP contribution >= 0.6 is 0 Å². The predicted molar refractivity (Wildman–Crippen MR) is 67.3 cm³/mol. The van der Waals surface area contributed by atoms with Crippen molar-refractivity contribution in [2.45, 2.75) is 18.7 Å². The Bertz CT molecular complexity index is 487. The van der Waals surface area contributed by atoms with Crippen LogP contribution in [0.25, 0.3) is 0 Å². The van der Waals surface area contributed by atoms with E-state index in [9.17, 15) is 8.42 Å². The third-order valence-electron chi connectivity index (χ3n) is 1.18. The molecular weight excluding hydrogens is 278 g/mol. The lowest BCUT2D eigenvalue weighted by molar-refractivity contribution is -0.135. The molecule has 9 heteroatoms. The highest BCUT2D eigenvalue weighted by molar-refractivity contribution is 7.85. The lowest BCUT2D eigenvalue weighted by Crippen LogP contribution is -1.97. The van der Waals surface area contributed by atoms with Crippen molar-refractivity contribution in [3.63, 3.8) is 0 Å². The molecule has 0 bridgehead atoms. The number of hydrogen-bond donors (Lipinski definition) is 4. The average Bonchev–Trinajstić information content (AvgIpc) is 2.14. The average molecular weight is 293 g/mol. The highest BCUT2D eigenvalue weighted by Crippen LogP contribution is 2.10. The molecule has 0 saturated carbocycles. The minimum Gasteiger partial charge on any atom is -0.481 e. The Balaban J connectivity index is 0. The normalized spacial score (nSPS) is 9.21. The summed E-state index contributed by atoms with van der Waals surface area (Å²) in [5.41, 5.74) is 5.75. The lowest BCUT2D eigenvalue weighted by atomic mass is 10.3. The summed E-state index contributed by atoms with van der Waals surface area (Å²) >= 11 is 0. The summed E-state index contributed by atoms with van der Waals surface area (Å²) in [5.74, 6) is -1.67. The van der Waals surface area contributed by atoms with Crippen molar-refractivity contribution >= 4 is 27.7 Å². The first kappa shape index (κ1) is 19.2. The monoisotopic (exact) mass is 293 g/mol. The summed E-state index contributed by atoms with van der Waals surface area (Å²) in [6.07, 6.45) is 0.